The molecule has 2 aromatic rings. The van der Waals surface area contributed by atoms with Gasteiger partial charge < -0.3 is 5.11 Å². The molecule has 1 nitrogen and oxygen atoms in total. The molecule has 1 unspecified atom stereocenters. The van der Waals surface area contributed by atoms with Gasteiger partial charge in [-0.3, -0.25) is 0 Å². The van der Waals surface area contributed by atoms with Gasteiger partial charge >= 0.3 is 0 Å². The Kier molecular flexibility index (Phi) is 4.46. The molecule has 1 atom stereocenters. The van der Waals surface area contributed by atoms with Crippen LogP contribution in [0.2, 0.25) is 10.0 Å². The Labute approximate surface area is 126 Å². The zero-order chi connectivity index (χ0) is 14.2. The zero-order valence-corrected chi connectivity index (χ0v) is 12.4. The first-order chi connectivity index (χ1) is 8.90. The normalized spacial score (nSPS) is 12.5. The van der Waals surface area contributed by atoms with Crippen LogP contribution < -0.4 is 0 Å². The highest BCUT2D eigenvalue weighted by Gasteiger charge is 2.19. The van der Waals surface area contributed by atoms with Gasteiger partial charge in [0.25, 0.3) is 0 Å². The largest absolute Gasteiger partial charge is 0.384 e. The lowest BCUT2D eigenvalue weighted by Gasteiger charge is -2.14. The van der Waals surface area contributed by atoms with E-state index in [1.807, 2.05) is 0 Å². The first-order valence-corrected chi connectivity index (χ1v) is 6.72. The van der Waals surface area contributed by atoms with E-state index in [-0.39, 0.29) is 21.2 Å². The molecule has 1 N–H and O–H groups in total. The Morgan fingerprint density at radius 3 is 2.42 bits per heavy atom. The molecular weight excluding hydrogens is 361 g/mol. The third kappa shape index (κ3) is 3.08. The van der Waals surface area contributed by atoms with Gasteiger partial charge in [-0.15, -0.1) is 0 Å². The molecule has 0 aliphatic rings. The van der Waals surface area contributed by atoms with Crippen molar-refractivity contribution in [2.75, 3.05) is 0 Å². The highest BCUT2D eigenvalue weighted by atomic mass is 79.9. The van der Waals surface area contributed by atoms with E-state index >= 15 is 0 Å². The average molecular weight is 368 g/mol. The van der Waals surface area contributed by atoms with E-state index in [1.54, 1.807) is 0 Å². The van der Waals surface area contributed by atoms with Crippen molar-refractivity contribution in [1.82, 2.24) is 0 Å². The van der Waals surface area contributed by atoms with Crippen molar-refractivity contribution in [1.29, 1.82) is 0 Å². The molecule has 0 aromatic heterocycles. The van der Waals surface area contributed by atoms with Gasteiger partial charge in [-0.25, -0.2) is 8.78 Å². The highest BCUT2D eigenvalue weighted by Crippen LogP contribution is 2.33. The molecule has 0 aliphatic carbocycles. The second-order valence-corrected chi connectivity index (χ2v) is 5.54. The van der Waals surface area contributed by atoms with Crippen LogP contribution in [0.25, 0.3) is 0 Å². The van der Waals surface area contributed by atoms with Crippen LogP contribution in [0, 0.1) is 11.6 Å². The summed E-state index contributed by atoms with van der Waals surface area (Å²) in [4.78, 5) is 0. The van der Waals surface area contributed by atoms with Crippen molar-refractivity contribution in [2.24, 2.45) is 0 Å². The van der Waals surface area contributed by atoms with Crippen molar-refractivity contribution in [3.63, 3.8) is 0 Å². The summed E-state index contributed by atoms with van der Waals surface area (Å²) in [5.74, 6) is -1.37. The maximum Gasteiger partial charge on any atom is 0.149 e. The summed E-state index contributed by atoms with van der Waals surface area (Å²) >= 11 is 14.5. The lowest BCUT2D eigenvalue weighted by Crippen LogP contribution is -2.04. The van der Waals surface area contributed by atoms with E-state index in [1.165, 1.54) is 18.2 Å². The fourth-order valence-electron chi connectivity index (χ4n) is 1.66. The maximum absolute atomic E-state index is 14.0. The van der Waals surface area contributed by atoms with Gasteiger partial charge in [0, 0.05) is 15.1 Å². The molecule has 2 rings (SSSR count). The van der Waals surface area contributed by atoms with E-state index < -0.39 is 17.7 Å². The molecule has 0 amide bonds. The van der Waals surface area contributed by atoms with Crippen molar-refractivity contribution in [3.05, 3.63) is 67.6 Å². The summed E-state index contributed by atoms with van der Waals surface area (Å²) in [6.45, 7) is 0. The SMILES string of the molecule is OC(c1cc(F)cc(Cl)c1)c1ccc(Br)c(Cl)c1F. The van der Waals surface area contributed by atoms with Crippen LogP contribution in [0.3, 0.4) is 0 Å². The molecule has 0 saturated heterocycles. The second-order valence-electron chi connectivity index (χ2n) is 3.87. The van der Waals surface area contributed by atoms with Crippen molar-refractivity contribution < 1.29 is 13.9 Å². The number of halogens is 5. The zero-order valence-electron chi connectivity index (χ0n) is 9.30. The standard InChI is InChI=1S/C13H7BrCl2F2O/c14-10-2-1-9(12(18)11(10)16)13(19)6-3-7(15)5-8(17)4-6/h1-5,13,19H. The Bertz CT molecular complexity index is 614. The summed E-state index contributed by atoms with van der Waals surface area (Å²) in [6, 6.07) is 6.43. The first-order valence-electron chi connectivity index (χ1n) is 5.17. The molecule has 19 heavy (non-hydrogen) atoms. The summed E-state index contributed by atoms with van der Waals surface area (Å²) in [5.41, 5.74) is 0.108. The summed E-state index contributed by atoms with van der Waals surface area (Å²) in [5, 5.41) is 10.1. The molecule has 0 fully saturated rings. The summed E-state index contributed by atoms with van der Waals surface area (Å²) in [7, 11) is 0. The minimum Gasteiger partial charge on any atom is -0.384 e. The lowest BCUT2D eigenvalue weighted by molar-refractivity contribution is 0.214. The number of aliphatic hydroxyl groups excluding tert-OH is 1. The quantitative estimate of drug-likeness (QED) is 0.730. The van der Waals surface area contributed by atoms with E-state index in [9.17, 15) is 13.9 Å². The molecule has 2 aromatic carbocycles. The molecule has 0 saturated carbocycles. The Balaban J connectivity index is 2.50. The monoisotopic (exact) mass is 366 g/mol. The van der Waals surface area contributed by atoms with Crippen LogP contribution in [0.1, 0.15) is 17.2 Å². The van der Waals surface area contributed by atoms with Crippen LogP contribution in [-0.4, -0.2) is 5.11 Å². The Hall–Kier alpha value is -0.680. The third-order valence-electron chi connectivity index (χ3n) is 2.56. The van der Waals surface area contributed by atoms with Gasteiger partial charge in [0.15, 0.2) is 0 Å². The van der Waals surface area contributed by atoms with Crippen LogP contribution in [0.15, 0.2) is 34.8 Å². The van der Waals surface area contributed by atoms with E-state index in [4.69, 9.17) is 23.2 Å². The third-order valence-corrected chi connectivity index (χ3v) is 4.04. The summed E-state index contributed by atoms with van der Waals surface area (Å²) in [6.07, 6.45) is -1.35. The number of benzene rings is 2. The molecule has 0 aliphatic heterocycles. The van der Waals surface area contributed by atoms with Gasteiger partial charge in [0.2, 0.25) is 0 Å². The average Bonchev–Trinajstić information content (AvgIpc) is 2.34. The number of aliphatic hydroxyl groups is 1. The van der Waals surface area contributed by atoms with Gasteiger partial charge in [-0.1, -0.05) is 29.3 Å². The second kappa shape index (κ2) is 5.75. The molecule has 0 heterocycles. The molecule has 0 spiro atoms. The predicted octanol–water partition coefficient (Wildman–Crippen LogP) is 5.12. The van der Waals surface area contributed by atoms with E-state index in [0.29, 0.717) is 4.47 Å². The van der Waals surface area contributed by atoms with Crippen LogP contribution in [-0.2, 0) is 0 Å². The first kappa shape index (κ1) is 14.7. The lowest BCUT2D eigenvalue weighted by atomic mass is 10.0. The van der Waals surface area contributed by atoms with Crippen molar-refractivity contribution >= 4 is 39.1 Å². The molecule has 6 heteroatoms. The minimum absolute atomic E-state index is 0.0464. The van der Waals surface area contributed by atoms with Gasteiger partial charge in [-0.2, -0.15) is 0 Å². The fraction of sp³-hybridized carbons (Fsp3) is 0.0769. The van der Waals surface area contributed by atoms with Gasteiger partial charge in [-0.05, 0) is 45.8 Å². The van der Waals surface area contributed by atoms with Crippen molar-refractivity contribution in [2.45, 2.75) is 6.10 Å². The van der Waals surface area contributed by atoms with Gasteiger partial charge in [0.05, 0.1) is 5.02 Å². The molecular formula is C13H7BrCl2F2O. The van der Waals surface area contributed by atoms with E-state index in [2.05, 4.69) is 15.9 Å². The van der Waals surface area contributed by atoms with Crippen LogP contribution >= 0.6 is 39.1 Å². The van der Waals surface area contributed by atoms with Gasteiger partial charge in [0.1, 0.15) is 17.7 Å². The highest BCUT2D eigenvalue weighted by molar-refractivity contribution is 9.10. The van der Waals surface area contributed by atoms with Crippen LogP contribution in [0.5, 0.6) is 0 Å². The number of hydrogen-bond acceptors (Lipinski definition) is 1. The Morgan fingerprint density at radius 1 is 1.11 bits per heavy atom. The Morgan fingerprint density at radius 2 is 1.79 bits per heavy atom. The topological polar surface area (TPSA) is 20.2 Å². The minimum atomic E-state index is -1.35. The fourth-order valence-corrected chi connectivity index (χ4v) is 2.37. The van der Waals surface area contributed by atoms with Crippen molar-refractivity contribution in [3.8, 4) is 0 Å². The number of rotatable bonds is 2. The maximum atomic E-state index is 14.0. The summed E-state index contributed by atoms with van der Waals surface area (Å²) < 4.78 is 27.6. The van der Waals surface area contributed by atoms with Crippen LogP contribution in [0.4, 0.5) is 8.78 Å². The number of hydrogen-bond donors (Lipinski definition) is 1. The molecule has 100 valence electrons. The van der Waals surface area contributed by atoms with E-state index in [0.717, 1.165) is 12.1 Å². The predicted molar refractivity (Wildman–Crippen MR) is 74.6 cm³/mol. The smallest absolute Gasteiger partial charge is 0.149 e. The molecule has 0 radical (unpaired) electrons. The molecule has 0 bridgehead atoms.